The fraction of sp³-hybridized carbons (Fsp3) is 0.312. The summed E-state index contributed by atoms with van der Waals surface area (Å²) in [5.74, 6) is -0.335. The number of para-hydroxylation sites is 1. The Labute approximate surface area is 137 Å². The zero-order valence-electron chi connectivity index (χ0n) is 13.4. The predicted molar refractivity (Wildman–Crippen MR) is 84.8 cm³/mol. The van der Waals surface area contributed by atoms with Gasteiger partial charge in [0.15, 0.2) is 0 Å². The van der Waals surface area contributed by atoms with E-state index in [9.17, 15) is 18.0 Å². The molecule has 2 rings (SSSR count). The van der Waals surface area contributed by atoms with Gasteiger partial charge in [0.05, 0.1) is 11.3 Å². The molecule has 0 saturated carbocycles. The number of hydrogen-bond acceptors (Lipinski definition) is 4. The van der Waals surface area contributed by atoms with E-state index in [1.165, 1.54) is 30.6 Å². The Balaban J connectivity index is 2.24. The van der Waals surface area contributed by atoms with E-state index in [1.54, 1.807) is 0 Å². The summed E-state index contributed by atoms with van der Waals surface area (Å²) >= 11 is 0. The summed E-state index contributed by atoms with van der Waals surface area (Å²) in [4.78, 5) is 20.0. The number of aromatic nitrogens is 2. The first-order valence-corrected chi connectivity index (χ1v) is 7.14. The molecule has 0 spiro atoms. The van der Waals surface area contributed by atoms with E-state index in [0.29, 0.717) is 5.82 Å². The largest absolute Gasteiger partial charge is 0.418 e. The number of benzene rings is 1. The van der Waals surface area contributed by atoms with Gasteiger partial charge in [0.2, 0.25) is 0 Å². The van der Waals surface area contributed by atoms with Crippen molar-refractivity contribution in [2.24, 2.45) is 0 Å². The highest BCUT2D eigenvalue weighted by Crippen LogP contribution is 2.34. The van der Waals surface area contributed by atoms with E-state index < -0.39 is 17.6 Å². The highest BCUT2D eigenvalue weighted by molar-refractivity contribution is 6.03. The van der Waals surface area contributed by atoms with Crippen molar-refractivity contribution < 1.29 is 18.0 Å². The molecule has 0 unspecified atom stereocenters. The summed E-state index contributed by atoms with van der Waals surface area (Å²) < 4.78 is 38.9. The first-order valence-electron chi connectivity index (χ1n) is 7.14. The zero-order chi connectivity index (χ0) is 18.0. The van der Waals surface area contributed by atoms with Crippen LogP contribution in [0.2, 0.25) is 0 Å². The van der Waals surface area contributed by atoms with Gasteiger partial charge in [-0.05, 0) is 32.9 Å². The fourth-order valence-electron chi connectivity index (χ4n) is 1.96. The Morgan fingerprint density at radius 2 is 1.75 bits per heavy atom. The number of carbonyl (C=O) groups is 1. The van der Waals surface area contributed by atoms with Crippen molar-refractivity contribution >= 4 is 17.4 Å². The van der Waals surface area contributed by atoms with Gasteiger partial charge >= 0.3 is 6.18 Å². The highest BCUT2D eigenvalue weighted by atomic mass is 19.4. The van der Waals surface area contributed by atoms with Gasteiger partial charge in [0.25, 0.3) is 5.91 Å². The van der Waals surface area contributed by atoms with Crippen molar-refractivity contribution in [1.82, 2.24) is 9.97 Å². The lowest BCUT2D eigenvalue weighted by Crippen LogP contribution is -2.27. The maximum absolute atomic E-state index is 13.0. The SMILES string of the molecule is CC(C)(C)Nc1cc(C(=O)Nc2ccccc2C(F)(F)F)ncn1. The van der Waals surface area contributed by atoms with Gasteiger partial charge in [-0.25, -0.2) is 9.97 Å². The van der Waals surface area contributed by atoms with Crippen LogP contribution in [0.1, 0.15) is 36.8 Å². The van der Waals surface area contributed by atoms with Crippen molar-refractivity contribution in [2.45, 2.75) is 32.5 Å². The van der Waals surface area contributed by atoms with Crippen LogP contribution in [0.4, 0.5) is 24.7 Å². The lowest BCUT2D eigenvalue weighted by atomic mass is 10.1. The molecule has 1 amide bonds. The Hall–Kier alpha value is -2.64. The van der Waals surface area contributed by atoms with E-state index >= 15 is 0 Å². The molecule has 0 aliphatic rings. The normalized spacial score (nSPS) is 11.9. The molecule has 1 heterocycles. The number of rotatable bonds is 3. The molecular formula is C16H17F3N4O. The van der Waals surface area contributed by atoms with Crippen LogP contribution in [0.25, 0.3) is 0 Å². The fourth-order valence-corrected chi connectivity index (χ4v) is 1.96. The quantitative estimate of drug-likeness (QED) is 0.889. The molecule has 0 fully saturated rings. The second-order valence-electron chi connectivity index (χ2n) is 6.16. The molecule has 0 bridgehead atoms. The molecule has 8 heteroatoms. The second kappa shape index (κ2) is 6.46. The van der Waals surface area contributed by atoms with Crippen LogP contribution < -0.4 is 10.6 Å². The number of carbonyl (C=O) groups excluding carboxylic acids is 1. The zero-order valence-corrected chi connectivity index (χ0v) is 13.4. The minimum Gasteiger partial charge on any atom is -0.365 e. The molecule has 2 N–H and O–H groups in total. The van der Waals surface area contributed by atoms with Crippen molar-refractivity contribution in [1.29, 1.82) is 0 Å². The molecule has 0 atom stereocenters. The molecule has 24 heavy (non-hydrogen) atoms. The van der Waals surface area contributed by atoms with E-state index in [4.69, 9.17) is 0 Å². The van der Waals surface area contributed by atoms with E-state index in [1.807, 2.05) is 20.8 Å². The van der Waals surface area contributed by atoms with Crippen molar-refractivity contribution in [3.63, 3.8) is 0 Å². The van der Waals surface area contributed by atoms with Gasteiger partial charge in [-0.15, -0.1) is 0 Å². The van der Waals surface area contributed by atoms with E-state index in [0.717, 1.165) is 6.07 Å². The van der Waals surface area contributed by atoms with Gasteiger partial charge in [0.1, 0.15) is 17.8 Å². The van der Waals surface area contributed by atoms with E-state index in [2.05, 4.69) is 20.6 Å². The molecule has 0 aliphatic heterocycles. The van der Waals surface area contributed by atoms with Gasteiger partial charge in [-0.2, -0.15) is 13.2 Å². The maximum Gasteiger partial charge on any atom is 0.418 e. The minimum atomic E-state index is -4.56. The third kappa shape index (κ3) is 4.68. The van der Waals surface area contributed by atoms with Crippen LogP contribution in [0.5, 0.6) is 0 Å². The summed E-state index contributed by atoms with van der Waals surface area (Å²) in [7, 11) is 0. The third-order valence-corrected chi connectivity index (χ3v) is 2.88. The number of alkyl halides is 3. The minimum absolute atomic E-state index is 0.0336. The first kappa shape index (κ1) is 17.7. The third-order valence-electron chi connectivity index (χ3n) is 2.88. The Morgan fingerprint density at radius 3 is 2.38 bits per heavy atom. The number of nitrogens with one attached hydrogen (secondary N) is 2. The van der Waals surface area contributed by atoms with Crippen LogP contribution in [-0.4, -0.2) is 21.4 Å². The smallest absolute Gasteiger partial charge is 0.365 e. The molecular weight excluding hydrogens is 321 g/mol. The maximum atomic E-state index is 13.0. The number of anilines is 2. The molecule has 128 valence electrons. The van der Waals surface area contributed by atoms with Crippen LogP contribution in [0.3, 0.4) is 0 Å². The Bertz CT molecular complexity index is 739. The van der Waals surface area contributed by atoms with Crippen molar-refractivity contribution in [3.8, 4) is 0 Å². The number of hydrogen-bond donors (Lipinski definition) is 2. The predicted octanol–water partition coefficient (Wildman–Crippen LogP) is 3.96. The topological polar surface area (TPSA) is 66.9 Å². The van der Waals surface area contributed by atoms with Crippen LogP contribution >= 0.6 is 0 Å². The molecule has 0 aliphatic carbocycles. The van der Waals surface area contributed by atoms with E-state index in [-0.39, 0.29) is 16.9 Å². The van der Waals surface area contributed by atoms with Gasteiger partial charge in [0, 0.05) is 11.6 Å². The number of nitrogens with zero attached hydrogens (tertiary/aromatic N) is 2. The molecule has 2 aromatic rings. The van der Waals surface area contributed by atoms with Gasteiger partial charge in [-0.1, -0.05) is 12.1 Å². The van der Waals surface area contributed by atoms with Gasteiger partial charge < -0.3 is 10.6 Å². The number of amides is 1. The first-order chi connectivity index (χ1) is 11.1. The molecule has 1 aromatic carbocycles. The van der Waals surface area contributed by atoms with Crippen LogP contribution in [-0.2, 0) is 6.18 Å². The van der Waals surface area contributed by atoms with Crippen molar-refractivity contribution in [2.75, 3.05) is 10.6 Å². The summed E-state index contributed by atoms with van der Waals surface area (Å²) in [5.41, 5.74) is -1.56. The second-order valence-corrected chi connectivity index (χ2v) is 6.16. The summed E-state index contributed by atoms with van der Waals surface area (Å²) in [6.07, 6.45) is -3.38. The molecule has 5 nitrogen and oxygen atoms in total. The average molecular weight is 338 g/mol. The molecule has 1 aromatic heterocycles. The van der Waals surface area contributed by atoms with Gasteiger partial charge in [-0.3, -0.25) is 4.79 Å². The summed E-state index contributed by atoms with van der Waals surface area (Å²) in [6, 6.07) is 6.15. The standard InChI is InChI=1S/C16H17F3N4O/c1-15(2,3)23-13-8-12(20-9-21-13)14(24)22-11-7-5-4-6-10(11)16(17,18)19/h4-9H,1-3H3,(H,22,24)(H,20,21,23). The Kier molecular flexibility index (Phi) is 4.77. The molecule has 0 saturated heterocycles. The monoisotopic (exact) mass is 338 g/mol. The summed E-state index contributed by atoms with van der Waals surface area (Å²) in [6.45, 7) is 5.73. The van der Waals surface area contributed by atoms with Crippen molar-refractivity contribution in [3.05, 3.63) is 47.9 Å². The number of halogens is 3. The van der Waals surface area contributed by atoms with Crippen LogP contribution in [0, 0.1) is 0 Å². The average Bonchev–Trinajstić information content (AvgIpc) is 2.45. The molecule has 0 radical (unpaired) electrons. The lowest BCUT2D eigenvalue weighted by Gasteiger charge is -2.21. The lowest BCUT2D eigenvalue weighted by molar-refractivity contribution is -0.136. The highest BCUT2D eigenvalue weighted by Gasteiger charge is 2.33. The Morgan fingerprint density at radius 1 is 1.08 bits per heavy atom. The summed E-state index contributed by atoms with van der Waals surface area (Å²) in [5, 5.41) is 5.31. The van der Waals surface area contributed by atoms with Crippen LogP contribution in [0.15, 0.2) is 36.7 Å².